The monoisotopic (exact) mass is 737 g/mol. The van der Waals surface area contributed by atoms with Crippen molar-refractivity contribution in [3.8, 4) is 44.9 Å². The lowest BCUT2D eigenvalue weighted by Crippen LogP contribution is -2.32. The highest BCUT2D eigenvalue weighted by molar-refractivity contribution is 6.00. The minimum atomic E-state index is -0.523. The van der Waals surface area contributed by atoms with Crippen molar-refractivity contribution in [2.75, 3.05) is 4.90 Å². The number of hydrogen-bond acceptors (Lipinski definition) is 2. The summed E-state index contributed by atoms with van der Waals surface area (Å²) >= 11 is 0. The number of para-hydroxylation sites is 2. The van der Waals surface area contributed by atoms with E-state index in [1.807, 2.05) is 0 Å². The second-order valence-corrected chi connectivity index (χ2v) is 15.9. The van der Waals surface area contributed by atoms with E-state index in [9.17, 15) is 0 Å². The third-order valence-electron chi connectivity index (χ3n) is 13.3. The first-order chi connectivity index (χ1) is 28.8. The largest absolute Gasteiger partial charge is 0.457 e. The first kappa shape index (κ1) is 31.7. The first-order valence-electron chi connectivity index (χ1n) is 20.2. The number of ether oxygens (including phenoxy) is 1. The van der Waals surface area contributed by atoms with Crippen LogP contribution in [-0.4, -0.2) is 0 Å². The van der Waals surface area contributed by atoms with E-state index in [1.54, 1.807) is 0 Å². The number of nitrogens with zero attached hydrogens (tertiary/aromatic N) is 1. The van der Waals surface area contributed by atoms with E-state index in [0.717, 1.165) is 34.1 Å². The van der Waals surface area contributed by atoms with Crippen molar-refractivity contribution in [1.82, 2.24) is 0 Å². The van der Waals surface area contributed by atoms with E-state index in [1.165, 1.54) is 72.3 Å². The van der Waals surface area contributed by atoms with Gasteiger partial charge in [-0.3, -0.25) is 0 Å². The fraction of sp³-hybridized carbons (Fsp3) is 0.0357. The van der Waals surface area contributed by atoms with Gasteiger partial charge in [0.05, 0.1) is 16.5 Å². The summed E-state index contributed by atoms with van der Waals surface area (Å²) in [6.07, 6.45) is 0. The van der Waals surface area contributed by atoms with Crippen LogP contribution in [0.5, 0.6) is 11.5 Å². The minimum Gasteiger partial charge on any atom is -0.457 e. The summed E-state index contributed by atoms with van der Waals surface area (Å²) in [5, 5.41) is 0. The maximum Gasteiger partial charge on any atom is 0.134 e. The predicted molar refractivity (Wildman–Crippen MR) is 235 cm³/mol. The molecule has 0 atom stereocenters. The summed E-state index contributed by atoms with van der Waals surface area (Å²) in [6.45, 7) is 0. The fourth-order valence-corrected chi connectivity index (χ4v) is 11.3. The molecule has 0 radical (unpaired) electrons. The Kier molecular flexibility index (Phi) is 6.33. The first-order valence-corrected chi connectivity index (χ1v) is 20.2. The molecule has 0 saturated carbocycles. The van der Waals surface area contributed by atoms with Gasteiger partial charge in [0.1, 0.15) is 11.5 Å². The van der Waals surface area contributed by atoms with Gasteiger partial charge in [-0.2, -0.15) is 0 Å². The van der Waals surface area contributed by atoms with Crippen molar-refractivity contribution >= 4 is 17.1 Å². The van der Waals surface area contributed by atoms with E-state index in [-0.39, 0.29) is 0 Å². The molecule has 0 amide bonds. The van der Waals surface area contributed by atoms with Crippen molar-refractivity contribution in [2.24, 2.45) is 0 Å². The summed E-state index contributed by atoms with van der Waals surface area (Å²) in [4.78, 5) is 2.46. The lowest BCUT2D eigenvalue weighted by molar-refractivity contribution is 0.436. The molecule has 1 aliphatic heterocycles. The molecule has 0 N–H and O–H groups in total. The Morgan fingerprint density at radius 2 is 0.724 bits per heavy atom. The van der Waals surface area contributed by atoms with Gasteiger partial charge >= 0.3 is 0 Å². The maximum absolute atomic E-state index is 7.06. The molecule has 2 nitrogen and oxygen atoms in total. The molecule has 0 bridgehead atoms. The van der Waals surface area contributed by atoms with Crippen molar-refractivity contribution in [3.05, 3.63) is 257 Å². The predicted octanol–water partition coefficient (Wildman–Crippen LogP) is 14.0. The van der Waals surface area contributed by atoms with Gasteiger partial charge in [-0.15, -0.1) is 0 Å². The Labute approximate surface area is 337 Å². The Morgan fingerprint density at radius 1 is 0.293 bits per heavy atom. The van der Waals surface area contributed by atoms with Crippen molar-refractivity contribution < 1.29 is 4.74 Å². The molecule has 0 unspecified atom stereocenters. The van der Waals surface area contributed by atoms with E-state index in [0.29, 0.717) is 0 Å². The summed E-state index contributed by atoms with van der Waals surface area (Å²) < 4.78 is 7.06. The lowest BCUT2D eigenvalue weighted by Gasteiger charge is -2.40. The topological polar surface area (TPSA) is 12.5 Å². The van der Waals surface area contributed by atoms with Crippen LogP contribution in [0.15, 0.2) is 212 Å². The number of benzene rings is 9. The van der Waals surface area contributed by atoms with Crippen molar-refractivity contribution in [1.29, 1.82) is 0 Å². The van der Waals surface area contributed by atoms with E-state index >= 15 is 0 Å². The zero-order valence-electron chi connectivity index (χ0n) is 31.6. The van der Waals surface area contributed by atoms with Crippen LogP contribution in [-0.2, 0) is 10.8 Å². The van der Waals surface area contributed by atoms with Gasteiger partial charge in [0.25, 0.3) is 0 Å². The molecule has 13 rings (SSSR count). The van der Waals surface area contributed by atoms with Gasteiger partial charge in [-0.05, 0) is 91.5 Å². The molecule has 2 heteroatoms. The third-order valence-corrected chi connectivity index (χ3v) is 13.3. The number of anilines is 3. The Morgan fingerprint density at radius 3 is 1.29 bits per heavy atom. The highest BCUT2D eigenvalue weighted by atomic mass is 16.5. The normalized spacial score (nSPS) is 14.6. The highest BCUT2D eigenvalue weighted by Gasteiger charge is 2.54. The van der Waals surface area contributed by atoms with Gasteiger partial charge < -0.3 is 9.64 Å². The summed E-state index contributed by atoms with van der Waals surface area (Å²) in [5.74, 6) is 1.75. The molecule has 9 aromatic rings. The molecule has 3 aliphatic carbocycles. The Balaban J connectivity index is 1.10. The lowest BCUT2D eigenvalue weighted by atomic mass is 9.66. The molecule has 270 valence electrons. The quantitative estimate of drug-likeness (QED) is 0.179. The molecular weight excluding hydrogens is 703 g/mol. The van der Waals surface area contributed by atoms with Crippen LogP contribution in [0.3, 0.4) is 0 Å². The number of fused-ring (bicyclic) bond motifs is 19. The summed E-state index contributed by atoms with van der Waals surface area (Å²) in [7, 11) is 0. The molecule has 0 saturated heterocycles. The van der Waals surface area contributed by atoms with Crippen molar-refractivity contribution in [3.63, 3.8) is 0 Å². The summed E-state index contributed by atoms with van der Waals surface area (Å²) in [5.41, 5.74) is 20.1. The van der Waals surface area contributed by atoms with E-state index in [4.69, 9.17) is 4.74 Å². The molecule has 1 heterocycles. The maximum atomic E-state index is 7.06. The molecular formula is C56H35NO. The van der Waals surface area contributed by atoms with Crippen molar-refractivity contribution in [2.45, 2.75) is 10.8 Å². The van der Waals surface area contributed by atoms with Crippen LogP contribution < -0.4 is 9.64 Å². The molecule has 4 aliphatic rings. The fourth-order valence-electron chi connectivity index (χ4n) is 11.3. The van der Waals surface area contributed by atoms with Crippen LogP contribution in [0.1, 0.15) is 44.5 Å². The second kappa shape index (κ2) is 11.6. The molecule has 2 spiro atoms. The van der Waals surface area contributed by atoms with Crippen LogP contribution in [0.25, 0.3) is 33.4 Å². The van der Waals surface area contributed by atoms with Gasteiger partial charge in [-0.1, -0.05) is 176 Å². The third kappa shape index (κ3) is 3.82. The SMILES string of the molecule is c1ccc(N(c2ccc3c(c2)Oc2ccccc2C32c3ccccc3-c3ccccc32)c2cccc3c2C2(c4ccccc4-c4ccccc42)c2ccccc2-3)cc1. The minimum absolute atomic E-state index is 0.506. The second-order valence-electron chi connectivity index (χ2n) is 15.9. The van der Waals surface area contributed by atoms with Gasteiger partial charge in [0.15, 0.2) is 0 Å². The van der Waals surface area contributed by atoms with Crippen LogP contribution in [0.2, 0.25) is 0 Å². The van der Waals surface area contributed by atoms with E-state index in [2.05, 4.69) is 217 Å². The molecule has 0 fully saturated rings. The number of rotatable bonds is 3. The zero-order valence-corrected chi connectivity index (χ0v) is 31.6. The Hall–Kier alpha value is -7.42. The van der Waals surface area contributed by atoms with Gasteiger partial charge in [-0.25, -0.2) is 0 Å². The van der Waals surface area contributed by atoms with Gasteiger partial charge in [0, 0.05) is 34.1 Å². The standard InChI is InChI=1S/C56H35NO/c1-2-17-36(18-3-1)57(51-31-16-24-43-42-23-8-13-29-48(42)56(54(43)51)46-27-11-6-21-40(46)41-22-7-12-28-47(41)56)37-33-34-50-53(35-37)58-52-32-15-14-30-49(52)55(50)44-25-9-4-19-38(44)39-20-5-10-26-45(39)55/h1-35H. The van der Waals surface area contributed by atoms with Gasteiger partial charge in [0.2, 0.25) is 0 Å². The smallest absolute Gasteiger partial charge is 0.134 e. The van der Waals surface area contributed by atoms with Crippen LogP contribution in [0.4, 0.5) is 17.1 Å². The molecule has 58 heavy (non-hydrogen) atoms. The molecule has 0 aromatic heterocycles. The van der Waals surface area contributed by atoms with Crippen LogP contribution in [0, 0.1) is 0 Å². The Bertz CT molecular complexity index is 3070. The average molecular weight is 738 g/mol. The summed E-state index contributed by atoms with van der Waals surface area (Å²) in [6, 6.07) is 78.3. The molecule has 9 aromatic carbocycles. The zero-order chi connectivity index (χ0) is 38.0. The average Bonchev–Trinajstić information content (AvgIpc) is 3.88. The number of hydrogen-bond donors (Lipinski definition) is 0. The highest BCUT2D eigenvalue weighted by Crippen LogP contribution is 2.66. The van der Waals surface area contributed by atoms with E-state index < -0.39 is 10.8 Å². The van der Waals surface area contributed by atoms with Crippen LogP contribution >= 0.6 is 0 Å².